The number of H-pyrrole nitrogens is 1. The smallest absolute Gasteiger partial charge is 0.410 e. The van der Waals surface area contributed by atoms with Crippen molar-refractivity contribution in [3.05, 3.63) is 6.33 Å². The second kappa shape index (κ2) is 7.09. The van der Waals surface area contributed by atoms with Gasteiger partial charge in [-0.3, -0.25) is 5.32 Å². The molecule has 8 heteroatoms. The summed E-state index contributed by atoms with van der Waals surface area (Å²) in [5.74, 6) is 1.14. The van der Waals surface area contributed by atoms with Gasteiger partial charge in [0.2, 0.25) is 0 Å². The first kappa shape index (κ1) is 14.6. The van der Waals surface area contributed by atoms with E-state index in [0.29, 0.717) is 16.3 Å². The molecule has 0 spiro atoms. The molecule has 0 unspecified atom stereocenters. The minimum Gasteiger partial charge on any atom is -0.465 e. The highest BCUT2D eigenvalue weighted by atomic mass is 32.2. The first-order chi connectivity index (χ1) is 9.70. The lowest BCUT2D eigenvalue weighted by Gasteiger charge is -2.04. The van der Waals surface area contributed by atoms with Crippen LogP contribution in [-0.4, -0.2) is 36.9 Å². The van der Waals surface area contributed by atoms with Gasteiger partial charge in [-0.2, -0.15) is 0 Å². The van der Waals surface area contributed by atoms with Crippen molar-refractivity contribution in [3.63, 3.8) is 0 Å². The number of carbonyl (C=O) groups is 1. The predicted octanol–water partition coefficient (Wildman–Crippen LogP) is 3.12. The monoisotopic (exact) mass is 295 g/mol. The van der Waals surface area contributed by atoms with E-state index in [4.69, 9.17) is 5.11 Å². The van der Waals surface area contributed by atoms with Gasteiger partial charge in [0.25, 0.3) is 0 Å². The zero-order chi connectivity index (χ0) is 14.4. The van der Waals surface area contributed by atoms with Crippen LogP contribution >= 0.6 is 11.8 Å². The molecular weight excluding hydrogens is 278 g/mol. The molecule has 20 heavy (non-hydrogen) atoms. The summed E-state index contributed by atoms with van der Waals surface area (Å²) in [5.41, 5.74) is 0.975. The highest BCUT2D eigenvalue weighted by Crippen LogP contribution is 2.22. The van der Waals surface area contributed by atoms with Crippen LogP contribution in [0.3, 0.4) is 0 Å². The highest BCUT2D eigenvalue weighted by molar-refractivity contribution is 7.99. The number of thioether (sulfide) groups is 1. The molecule has 7 nitrogen and oxygen atoms in total. The number of hydrogen-bond acceptors (Lipinski definition) is 5. The Morgan fingerprint density at radius 3 is 3.00 bits per heavy atom. The first-order valence-electron chi connectivity index (χ1n) is 6.54. The molecular formula is C12H17N5O2S. The fourth-order valence-corrected chi connectivity index (χ4v) is 2.60. The van der Waals surface area contributed by atoms with Crippen LogP contribution in [-0.2, 0) is 0 Å². The van der Waals surface area contributed by atoms with Crippen LogP contribution in [0.2, 0.25) is 0 Å². The Balaban J connectivity index is 2.07. The first-order valence-corrected chi connectivity index (χ1v) is 7.53. The molecule has 0 radical (unpaired) electrons. The lowest BCUT2D eigenvalue weighted by Crippen LogP contribution is -2.10. The zero-order valence-electron chi connectivity index (χ0n) is 11.2. The fraction of sp³-hybridized carbons (Fsp3) is 0.500. The van der Waals surface area contributed by atoms with Gasteiger partial charge in [0.1, 0.15) is 0 Å². The summed E-state index contributed by atoms with van der Waals surface area (Å²) < 4.78 is 0. The number of nitrogens with one attached hydrogen (secondary N) is 2. The van der Waals surface area contributed by atoms with E-state index in [0.717, 1.165) is 12.2 Å². The number of aromatic amines is 1. The molecule has 0 aliphatic carbocycles. The van der Waals surface area contributed by atoms with Gasteiger partial charge in [-0.15, -0.1) is 0 Å². The highest BCUT2D eigenvalue weighted by Gasteiger charge is 2.12. The maximum Gasteiger partial charge on any atom is 0.410 e. The number of unbranched alkanes of at least 4 members (excludes halogenated alkanes) is 3. The summed E-state index contributed by atoms with van der Waals surface area (Å²) in [6.45, 7) is 2.17. The van der Waals surface area contributed by atoms with Crippen LogP contribution in [0.5, 0.6) is 0 Å². The van der Waals surface area contributed by atoms with Crippen LogP contribution in [0.25, 0.3) is 11.2 Å². The second-order valence-electron chi connectivity index (χ2n) is 4.29. The van der Waals surface area contributed by atoms with E-state index >= 15 is 0 Å². The molecule has 108 valence electrons. The van der Waals surface area contributed by atoms with E-state index in [2.05, 4.69) is 32.2 Å². The SMILES string of the molecule is CCCCCCSc1nc(NC(=O)O)c2nc[nH]c2n1. The molecule has 2 aromatic rings. The van der Waals surface area contributed by atoms with Gasteiger partial charge < -0.3 is 10.1 Å². The lowest BCUT2D eigenvalue weighted by molar-refractivity contribution is 0.209. The molecule has 0 bridgehead atoms. The maximum absolute atomic E-state index is 10.8. The molecule has 0 aliphatic rings. The fourth-order valence-electron chi connectivity index (χ4n) is 1.76. The summed E-state index contributed by atoms with van der Waals surface area (Å²) in [5, 5.41) is 11.6. The third-order valence-electron chi connectivity index (χ3n) is 2.71. The molecule has 2 heterocycles. The number of imidazole rings is 1. The van der Waals surface area contributed by atoms with Gasteiger partial charge in [0.05, 0.1) is 6.33 Å². The van der Waals surface area contributed by atoms with E-state index in [1.165, 1.54) is 37.4 Å². The van der Waals surface area contributed by atoms with E-state index in [1.54, 1.807) is 0 Å². The largest absolute Gasteiger partial charge is 0.465 e. The number of rotatable bonds is 7. The van der Waals surface area contributed by atoms with Gasteiger partial charge in [-0.25, -0.2) is 19.7 Å². The number of fused-ring (bicyclic) bond motifs is 1. The maximum atomic E-state index is 10.8. The minimum atomic E-state index is -1.16. The van der Waals surface area contributed by atoms with Crippen LogP contribution < -0.4 is 5.32 Å². The van der Waals surface area contributed by atoms with Crippen molar-refractivity contribution in [3.8, 4) is 0 Å². The molecule has 0 atom stereocenters. The van der Waals surface area contributed by atoms with Crippen LogP contribution in [0.1, 0.15) is 32.6 Å². The third-order valence-corrected chi connectivity index (χ3v) is 3.65. The number of carboxylic acid groups (broad SMARTS) is 1. The van der Waals surface area contributed by atoms with Crippen molar-refractivity contribution in [2.75, 3.05) is 11.1 Å². The molecule has 2 rings (SSSR count). The van der Waals surface area contributed by atoms with E-state index in [9.17, 15) is 4.79 Å². The molecule has 2 aromatic heterocycles. The number of anilines is 1. The summed E-state index contributed by atoms with van der Waals surface area (Å²) in [6.07, 6.45) is 5.04. The van der Waals surface area contributed by atoms with Crippen molar-refractivity contribution in [2.24, 2.45) is 0 Å². The molecule has 0 saturated carbocycles. The molecule has 3 N–H and O–H groups in total. The van der Waals surface area contributed by atoms with E-state index in [1.807, 2.05) is 0 Å². The zero-order valence-corrected chi connectivity index (χ0v) is 12.0. The molecule has 1 amide bonds. The predicted molar refractivity (Wildman–Crippen MR) is 78.2 cm³/mol. The van der Waals surface area contributed by atoms with Crippen molar-refractivity contribution in [1.29, 1.82) is 0 Å². The van der Waals surface area contributed by atoms with Gasteiger partial charge in [0, 0.05) is 5.75 Å². The van der Waals surface area contributed by atoms with Gasteiger partial charge in [0.15, 0.2) is 22.1 Å². The Bertz CT molecular complexity index is 586. The summed E-state index contributed by atoms with van der Waals surface area (Å²) >= 11 is 1.53. The number of nitrogens with zero attached hydrogens (tertiary/aromatic N) is 3. The number of hydrogen-bond donors (Lipinski definition) is 3. The average molecular weight is 295 g/mol. The Kier molecular flexibility index (Phi) is 5.16. The van der Waals surface area contributed by atoms with E-state index < -0.39 is 6.09 Å². The molecule has 0 aromatic carbocycles. The second-order valence-corrected chi connectivity index (χ2v) is 5.36. The Morgan fingerprint density at radius 2 is 2.25 bits per heavy atom. The van der Waals surface area contributed by atoms with Crippen molar-refractivity contribution in [2.45, 2.75) is 37.8 Å². The molecule has 0 fully saturated rings. The molecule has 0 saturated heterocycles. The van der Waals surface area contributed by atoms with Crippen molar-refractivity contribution in [1.82, 2.24) is 19.9 Å². The normalized spacial score (nSPS) is 10.8. The van der Waals surface area contributed by atoms with Gasteiger partial charge in [-0.1, -0.05) is 37.9 Å². The van der Waals surface area contributed by atoms with Gasteiger partial charge >= 0.3 is 6.09 Å². The Hall–Kier alpha value is -1.83. The summed E-state index contributed by atoms with van der Waals surface area (Å²) in [7, 11) is 0. The lowest BCUT2D eigenvalue weighted by atomic mass is 10.2. The standard InChI is InChI=1S/C12H17N5O2S/c1-2-3-4-5-6-20-11-15-9-8(13-7-14-9)10(16-11)17-12(18)19/h7H,2-6H2,1H3,(H,18,19)(H2,13,14,15,16,17). The summed E-state index contributed by atoms with van der Waals surface area (Å²) in [4.78, 5) is 26.2. The quantitative estimate of drug-likeness (QED) is 0.412. The number of aromatic nitrogens is 4. The Morgan fingerprint density at radius 1 is 1.40 bits per heavy atom. The number of amides is 1. The average Bonchev–Trinajstić information content (AvgIpc) is 2.86. The van der Waals surface area contributed by atoms with Crippen LogP contribution in [0.4, 0.5) is 10.6 Å². The van der Waals surface area contributed by atoms with Crippen LogP contribution in [0.15, 0.2) is 11.5 Å². The van der Waals surface area contributed by atoms with Crippen molar-refractivity contribution >= 4 is 34.8 Å². The third kappa shape index (κ3) is 3.83. The summed E-state index contributed by atoms with van der Waals surface area (Å²) in [6, 6.07) is 0. The topological polar surface area (TPSA) is 104 Å². The van der Waals surface area contributed by atoms with E-state index in [-0.39, 0.29) is 5.82 Å². The van der Waals surface area contributed by atoms with Gasteiger partial charge in [-0.05, 0) is 6.42 Å². The minimum absolute atomic E-state index is 0.222. The van der Waals surface area contributed by atoms with Crippen LogP contribution in [0, 0.1) is 0 Å². The Labute approximate surface area is 120 Å². The molecule has 0 aliphatic heterocycles. The van der Waals surface area contributed by atoms with Crippen molar-refractivity contribution < 1.29 is 9.90 Å².